The molecule has 1 unspecified atom stereocenters. The molecule has 0 bridgehead atoms. The number of rotatable bonds is 5. The van der Waals surface area contributed by atoms with Crippen LogP contribution in [0.4, 0.5) is 5.69 Å². The van der Waals surface area contributed by atoms with Crippen molar-refractivity contribution < 1.29 is 9.53 Å². The number of carbonyl (C=O) groups is 1. The highest BCUT2D eigenvalue weighted by atomic mass is 79.9. The van der Waals surface area contributed by atoms with Gasteiger partial charge in [-0.15, -0.1) is 0 Å². The number of aryl methyl sites for hydroxylation is 1. The molecule has 2 N–H and O–H groups in total. The highest BCUT2D eigenvalue weighted by molar-refractivity contribution is 9.10. The van der Waals surface area contributed by atoms with E-state index >= 15 is 0 Å². The molecular weight excluding hydrogens is 398 g/mol. The minimum Gasteiger partial charge on any atom is -0.465 e. The van der Waals surface area contributed by atoms with Crippen molar-refractivity contribution in [2.45, 2.75) is 6.04 Å². The molecule has 26 heavy (non-hydrogen) atoms. The van der Waals surface area contributed by atoms with E-state index in [2.05, 4.69) is 26.3 Å². The third-order valence-electron chi connectivity index (χ3n) is 4.09. The summed E-state index contributed by atoms with van der Waals surface area (Å²) in [4.78, 5) is 24.1. The maximum atomic E-state index is 12.1. The molecule has 1 atom stereocenters. The van der Waals surface area contributed by atoms with Crippen LogP contribution in [0.5, 0.6) is 0 Å². The first-order chi connectivity index (χ1) is 12.5. The van der Waals surface area contributed by atoms with Gasteiger partial charge in [0.1, 0.15) is 4.47 Å². The van der Waals surface area contributed by atoms with Crippen LogP contribution in [0.25, 0.3) is 0 Å². The summed E-state index contributed by atoms with van der Waals surface area (Å²) in [5, 5.41) is 6.12. The second-order valence-corrected chi connectivity index (χ2v) is 6.52. The van der Waals surface area contributed by atoms with E-state index < -0.39 is 5.97 Å². The quantitative estimate of drug-likeness (QED) is 0.625. The van der Waals surface area contributed by atoms with Crippen LogP contribution in [0.3, 0.4) is 0 Å². The SMILES string of the molecule is COC(=O)c1ccccc1NC(c1ccccc1)c1c(Br)c(=O)[nH]n1C. The molecule has 0 aliphatic carbocycles. The van der Waals surface area contributed by atoms with E-state index in [0.717, 1.165) is 11.3 Å². The van der Waals surface area contributed by atoms with E-state index in [1.807, 2.05) is 36.4 Å². The number of aromatic amines is 1. The van der Waals surface area contributed by atoms with Crippen molar-refractivity contribution in [2.75, 3.05) is 12.4 Å². The zero-order valence-corrected chi connectivity index (χ0v) is 15.9. The fourth-order valence-corrected chi connectivity index (χ4v) is 3.44. The molecule has 0 amide bonds. The van der Waals surface area contributed by atoms with E-state index in [9.17, 15) is 9.59 Å². The molecule has 1 heterocycles. The molecule has 134 valence electrons. The number of aromatic nitrogens is 2. The summed E-state index contributed by atoms with van der Waals surface area (Å²) in [6, 6.07) is 16.4. The average Bonchev–Trinajstić information content (AvgIpc) is 2.92. The number of para-hydroxylation sites is 1. The number of benzene rings is 2. The molecule has 3 aromatic rings. The molecular formula is C19H18BrN3O3. The Balaban J connectivity index is 2.12. The summed E-state index contributed by atoms with van der Waals surface area (Å²) in [5.74, 6) is -0.429. The Kier molecular flexibility index (Phi) is 5.27. The highest BCUT2D eigenvalue weighted by Gasteiger charge is 2.24. The molecule has 6 nitrogen and oxygen atoms in total. The van der Waals surface area contributed by atoms with E-state index in [1.54, 1.807) is 29.9 Å². The first-order valence-corrected chi connectivity index (χ1v) is 8.75. The van der Waals surface area contributed by atoms with Gasteiger partial charge in [-0.25, -0.2) is 4.79 Å². The van der Waals surface area contributed by atoms with Crippen LogP contribution in [0.1, 0.15) is 27.7 Å². The molecule has 0 aliphatic heterocycles. The number of hydrogen-bond acceptors (Lipinski definition) is 4. The lowest BCUT2D eigenvalue weighted by Crippen LogP contribution is -2.18. The molecule has 0 radical (unpaired) electrons. The summed E-state index contributed by atoms with van der Waals surface area (Å²) in [5.41, 5.74) is 2.50. The van der Waals surface area contributed by atoms with E-state index in [-0.39, 0.29) is 11.6 Å². The lowest BCUT2D eigenvalue weighted by Gasteiger charge is -2.22. The minimum absolute atomic E-state index is 0.216. The molecule has 0 saturated heterocycles. The maximum Gasteiger partial charge on any atom is 0.339 e. The van der Waals surface area contributed by atoms with Gasteiger partial charge in [0.25, 0.3) is 5.56 Å². The Bertz CT molecular complexity index is 979. The van der Waals surface area contributed by atoms with Gasteiger partial charge in [-0.05, 0) is 33.6 Å². The number of carbonyl (C=O) groups excluding carboxylic acids is 1. The monoisotopic (exact) mass is 415 g/mol. The van der Waals surface area contributed by atoms with Crippen LogP contribution in [-0.4, -0.2) is 22.9 Å². The Morgan fingerprint density at radius 1 is 1.15 bits per heavy atom. The van der Waals surface area contributed by atoms with Crippen molar-refractivity contribution in [3.63, 3.8) is 0 Å². The Hall–Kier alpha value is -2.80. The van der Waals surface area contributed by atoms with Crippen LogP contribution < -0.4 is 10.9 Å². The Morgan fingerprint density at radius 2 is 1.81 bits per heavy atom. The summed E-state index contributed by atoms with van der Waals surface area (Å²) in [6.07, 6.45) is 0. The van der Waals surface area contributed by atoms with Gasteiger partial charge >= 0.3 is 5.97 Å². The molecule has 0 saturated carbocycles. The van der Waals surface area contributed by atoms with Gasteiger partial charge in [-0.3, -0.25) is 14.6 Å². The topological polar surface area (TPSA) is 76.1 Å². The van der Waals surface area contributed by atoms with Crippen LogP contribution in [0.15, 0.2) is 63.9 Å². The van der Waals surface area contributed by atoms with Gasteiger partial charge < -0.3 is 10.1 Å². The second kappa shape index (κ2) is 7.61. The van der Waals surface area contributed by atoms with Crippen molar-refractivity contribution in [1.82, 2.24) is 9.78 Å². The van der Waals surface area contributed by atoms with Crippen molar-refractivity contribution in [3.8, 4) is 0 Å². The molecule has 2 aromatic carbocycles. The van der Waals surface area contributed by atoms with Gasteiger partial charge in [0, 0.05) is 12.7 Å². The van der Waals surface area contributed by atoms with Crippen LogP contribution in [-0.2, 0) is 11.8 Å². The number of halogens is 1. The molecule has 3 rings (SSSR count). The molecule has 0 spiro atoms. The van der Waals surface area contributed by atoms with E-state index in [4.69, 9.17) is 4.74 Å². The molecule has 7 heteroatoms. The Labute approximate surface area is 158 Å². The summed E-state index contributed by atoms with van der Waals surface area (Å²) in [6.45, 7) is 0. The van der Waals surface area contributed by atoms with Gasteiger partial charge in [0.15, 0.2) is 0 Å². The molecule has 1 aromatic heterocycles. The van der Waals surface area contributed by atoms with Crippen molar-refractivity contribution in [3.05, 3.63) is 86.2 Å². The zero-order valence-electron chi connectivity index (χ0n) is 14.3. The van der Waals surface area contributed by atoms with Crippen molar-refractivity contribution in [1.29, 1.82) is 0 Å². The highest BCUT2D eigenvalue weighted by Crippen LogP contribution is 2.31. The van der Waals surface area contributed by atoms with Gasteiger partial charge in [-0.2, -0.15) is 0 Å². The fourth-order valence-electron chi connectivity index (χ4n) is 2.85. The second-order valence-electron chi connectivity index (χ2n) is 5.72. The summed E-state index contributed by atoms with van der Waals surface area (Å²) >= 11 is 3.38. The number of H-pyrrole nitrogens is 1. The predicted octanol–water partition coefficient (Wildman–Crippen LogP) is 3.46. The standard InChI is InChI=1S/C19H18BrN3O3/c1-23-17(15(20)18(24)22-23)16(12-8-4-3-5-9-12)21-14-11-7-6-10-13(14)19(25)26-2/h3-11,16,21H,1-2H3,(H,22,24). The fraction of sp³-hybridized carbons (Fsp3) is 0.158. The normalized spacial score (nSPS) is 11.8. The first-order valence-electron chi connectivity index (χ1n) is 7.96. The van der Waals surface area contributed by atoms with E-state index in [0.29, 0.717) is 15.7 Å². The average molecular weight is 416 g/mol. The van der Waals surface area contributed by atoms with Gasteiger partial charge in [-0.1, -0.05) is 42.5 Å². The van der Waals surface area contributed by atoms with E-state index in [1.165, 1.54) is 7.11 Å². The lowest BCUT2D eigenvalue weighted by molar-refractivity contribution is 0.0602. The molecule has 0 fully saturated rings. The number of ether oxygens (including phenoxy) is 1. The van der Waals surface area contributed by atoms with Crippen molar-refractivity contribution in [2.24, 2.45) is 7.05 Å². The largest absolute Gasteiger partial charge is 0.465 e. The van der Waals surface area contributed by atoms with Gasteiger partial charge in [0.2, 0.25) is 0 Å². The maximum absolute atomic E-state index is 12.1. The summed E-state index contributed by atoms with van der Waals surface area (Å²) < 4.78 is 6.98. The van der Waals surface area contributed by atoms with Crippen LogP contribution in [0, 0.1) is 0 Å². The predicted molar refractivity (Wildman–Crippen MR) is 103 cm³/mol. The van der Waals surface area contributed by atoms with Gasteiger partial charge in [0.05, 0.1) is 24.4 Å². The summed E-state index contributed by atoms with van der Waals surface area (Å²) in [7, 11) is 3.12. The Morgan fingerprint density at radius 3 is 2.42 bits per heavy atom. The third-order valence-corrected chi connectivity index (χ3v) is 4.86. The van der Waals surface area contributed by atoms with Crippen molar-refractivity contribution >= 4 is 27.6 Å². The number of anilines is 1. The number of esters is 1. The number of methoxy groups -OCH3 is 1. The molecule has 0 aliphatic rings. The first kappa shape index (κ1) is 18.0. The third kappa shape index (κ3) is 3.43. The lowest BCUT2D eigenvalue weighted by atomic mass is 10.0. The number of nitrogens with one attached hydrogen (secondary N) is 2. The number of nitrogens with zero attached hydrogens (tertiary/aromatic N) is 1. The van der Waals surface area contributed by atoms with Crippen LogP contribution >= 0.6 is 15.9 Å². The minimum atomic E-state index is -0.429. The zero-order chi connectivity index (χ0) is 18.7. The van der Waals surface area contributed by atoms with Crippen LogP contribution in [0.2, 0.25) is 0 Å². The smallest absolute Gasteiger partial charge is 0.339 e. The number of hydrogen-bond donors (Lipinski definition) is 2.